The van der Waals surface area contributed by atoms with Crippen molar-refractivity contribution in [3.63, 3.8) is 0 Å². The van der Waals surface area contributed by atoms with Crippen molar-refractivity contribution in [3.05, 3.63) is 47.5 Å². The number of ether oxygens (including phenoxy) is 1. The van der Waals surface area contributed by atoms with Crippen molar-refractivity contribution in [1.29, 1.82) is 0 Å². The molecular weight excluding hydrogens is 492 g/mol. The molecule has 0 heterocycles. The van der Waals surface area contributed by atoms with Gasteiger partial charge in [0.2, 0.25) is 0 Å². The summed E-state index contributed by atoms with van der Waals surface area (Å²) in [4.78, 5) is 30.2. The summed E-state index contributed by atoms with van der Waals surface area (Å²) in [6.07, 6.45) is 15.7. The first-order valence-corrected chi connectivity index (χ1v) is 14.2. The molecule has 208 valence electrons. The SMILES string of the molecule is C#C[C@@]1(O)CCC2C3CCC4=C/C(=N\OCC(=O)NC(C(=O)OC)c5ccccc5)CCC4(C)C3CCC21C. The third-order valence-electron chi connectivity index (χ3n) is 10.6. The minimum atomic E-state index is -0.979. The Bertz CT molecular complexity index is 1220. The van der Waals surface area contributed by atoms with E-state index in [-0.39, 0.29) is 17.4 Å². The number of nitrogens with zero attached hydrogens (tertiary/aromatic N) is 1. The highest BCUT2D eigenvalue weighted by atomic mass is 16.6. The van der Waals surface area contributed by atoms with Crippen molar-refractivity contribution in [2.45, 2.75) is 76.9 Å². The van der Waals surface area contributed by atoms with Gasteiger partial charge in [0.05, 0.1) is 12.8 Å². The van der Waals surface area contributed by atoms with Gasteiger partial charge in [-0.1, -0.05) is 60.8 Å². The standard InChI is InChI=1S/C32H40N2O5/c1-5-32(37)18-15-26-24-12-11-22-19-23(13-16-30(22,2)25(24)14-17-31(26,32)3)34-39-20-27(35)33-28(29(36)38-4)21-9-7-6-8-10-21/h1,6-10,19,24-26,28,37H,11-18,20H2,2-4H3,(H,33,35)/b34-23-/t24?,25?,26?,28?,30?,31?,32-/m1/s1. The first-order valence-electron chi connectivity index (χ1n) is 14.2. The third kappa shape index (κ3) is 4.67. The number of amides is 1. The molecule has 4 aliphatic carbocycles. The van der Waals surface area contributed by atoms with Gasteiger partial charge in [0.1, 0.15) is 5.60 Å². The number of carbonyl (C=O) groups excluding carboxylic acids is 2. The number of nitrogens with one attached hydrogen (secondary N) is 1. The summed E-state index contributed by atoms with van der Waals surface area (Å²) in [6.45, 7) is 4.34. The zero-order valence-corrected chi connectivity index (χ0v) is 23.2. The highest BCUT2D eigenvalue weighted by Crippen LogP contribution is 2.67. The van der Waals surface area contributed by atoms with Gasteiger partial charge < -0.3 is 20.0 Å². The molecule has 7 atom stereocenters. The lowest BCUT2D eigenvalue weighted by Crippen LogP contribution is -2.54. The lowest BCUT2D eigenvalue weighted by molar-refractivity contribution is -0.145. The number of benzene rings is 1. The Kier molecular flexibility index (Phi) is 7.37. The molecule has 2 N–H and O–H groups in total. The predicted molar refractivity (Wildman–Crippen MR) is 148 cm³/mol. The largest absolute Gasteiger partial charge is 0.467 e. The van der Waals surface area contributed by atoms with Crippen molar-refractivity contribution in [2.75, 3.05) is 13.7 Å². The summed E-state index contributed by atoms with van der Waals surface area (Å²) < 4.78 is 4.86. The first-order chi connectivity index (χ1) is 18.6. The van der Waals surface area contributed by atoms with Crippen LogP contribution in [0.1, 0.15) is 76.8 Å². The van der Waals surface area contributed by atoms with Crippen LogP contribution >= 0.6 is 0 Å². The number of fused-ring (bicyclic) bond motifs is 5. The number of hydrogen-bond donors (Lipinski definition) is 2. The van der Waals surface area contributed by atoms with E-state index in [1.54, 1.807) is 24.3 Å². The van der Waals surface area contributed by atoms with Crippen LogP contribution in [0, 0.1) is 40.9 Å². The molecule has 1 aromatic rings. The smallest absolute Gasteiger partial charge is 0.333 e. The van der Waals surface area contributed by atoms with Crippen LogP contribution in [0.15, 0.2) is 47.1 Å². The van der Waals surface area contributed by atoms with Crippen molar-refractivity contribution >= 4 is 17.6 Å². The second-order valence-electron chi connectivity index (χ2n) is 12.3. The zero-order valence-electron chi connectivity index (χ0n) is 23.2. The average molecular weight is 533 g/mol. The van der Waals surface area contributed by atoms with Gasteiger partial charge >= 0.3 is 5.97 Å². The Morgan fingerprint density at radius 2 is 1.87 bits per heavy atom. The average Bonchev–Trinajstić information content (AvgIpc) is 3.22. The van der Waals surface area contributed by atoms with E-state index < -0.39 is 23.5 Å². The van der Waals surface area contributed by atoms with E-state index in [9.17, 15) is 14.7 Å². The Morgan fingerprint density at radius 1 is 1.13 bits per heavy atom. The first kappa shape index (κ1) is 27.5. The molecule has 7 heteroatoms. The summed E-state index contributed by atoms with van der Waals surface area (Å²) in [5.41, 5.74) is 1.86. The molecule has 0 spiro atoms. The highest BCUT2D eigenvalue weighted by molar-refractivity contribution is 5.96. The van der Waals surface area contributed by atoms with Crippen LogP contribution in [0.5, 0.6) is 0 Å². The number of methoxy groups -OCH3 is 1. The zero-order chi connectivity index (χ0) is 27.8. The molecule has 3 fully saturated rings. The van der Waals surface area contributed by atoms with Gasteiger partial charge in [-0.3, -0.25) is 4.79 Å². The highest BCUT2D eigenvalue weighted by Gasteiger charge is 2.63. The number of esters is 1. The van der Waals surface area contributed by atoms with Crippen molar-refractivity contribution in [1.82, 2.24) is 5.32 Å². The van der Waals surface area contributed by atoms with Crippen LogP contribution in [0.25, 0.3) is 0 Å². The van der Waals surface area contributed by atoms with E-state index in [1.165, 1.54) is 12.7 Å². The molecule has 4 aliphatic rings. The topological polar surface area (TPSA) is 97.2 Å². The molecule has 6 unspecified atom stereocenters. The van der Waals surface area contributed by atoms with E-state index in [2.05, 4.69) is 36.3 Å². The minimum absolute atomic E-state index is 0.112. The van der Waals surface area contributed by atoms with E-state index >= 15 is 0 Å². The fraction of sp³-hybridized carbons (Fsp3) is 0.594. The molecule has 5 rings (SSSR count). The minimum Gasteiger partial charge on any atom is -0.467 e. The quantitative estimate of drug-likeness (QED) is 0.314. The lowest BCUT2D eigenvalue weighted by Gasteiger charge is -2.58. The molecule has 0 aromatic heterocycles. The van der Waals surface area contributed by atoms with Crippen LogP contribution in [-0.4, -0.2) is 42.0 Å². The monoisotopic (exact) mass is 532 g/mol. The molecule has 0 aliphatic heterocycles. The summed E-state index contributed by atoms with van der Waals surface area (Å²) in [6, 6.07) is 8.06. The van der Waals surface area contributed by atoms with Crippen molar-refractivity contribution < 1.29 is 24.3 Å². The third-order valence-corrected chi connectivity index (χ3v) is 10.6. The van der Waals surface area contributed by atoms with Gasteiger partial charge in [0.15, 0.2) is 12.6 Å². The molecule has 3 saturated carbocycles. The number of hydrogen-bond acceptors (Lipinski definition) is 6. The van der Waals surface area contributed by atoms with E-state index in [0.717, 1.165) is 50.7 Å². The van der Waals surface area contributed by atoms with Gasteiger partial charge in [0.25, 0.3) is 5.91 Å². The molecule has 1 amide bonds. The molecular formula is C32H40N2O5. The van der Waals surface area contributed by atoms with Crippen LogP contribution in [0.2, 0.25) is 0 Å². The fourth-order valence-corrected chi connectivity index (χ4v) is 8.31. The second-order valence-corrected chi connectivity index (χ2v) is 12.3. The van der Waals surface area contributed by atoms with Crippen LogP contribution in [0.3, 0.4) is 0 Å². The molecule has 0 saturated heterocycles. The van der Waals surface area contributed by atoms with Crippen molar-refractivity contribution in [3.8, 4) is 12.3 Å². The number of aliphatic hydroxyl groups is 1. The second kappa shape index (κ2) is 10.5. The fourth-order valence-electron chi connectivity index (χ4n) is 8.31. The maximum Gasteiger partial charge on any atom is 0.333 e. The van der Waals surface area contributed by atoms with E-state index in [1.807, 2.05) is 6.07 Å². The number of oxime groups is 1. The van der Waals surface area contributed by atoms with Gasteiger partial charge in [-0.05, 0) is 86.2 Å². The lowest BCUT2D eigenvalue weighted by atomic mass is 9.46. The normalized spacial score (nSPS) is 36.8. The molecule has 0 bridgehead atoms. The van der Waals surface area contributed by atoms with Gasteiger partial charge in [-0.15, -0.1) is 6.42 Å². The van der Waals surface area contributed by atoms with Crippen LogP contribution < -0.4 is 5.32 Å². The maximum absolute atomic E-state index is 12.6. The predicted octanol–water partition coefficient (Wildman–Crippen LogP) is 4.72. The van der Waals surface area contributed by atoms with Crippen LogP contribution in [-0.2, 0) is 19.2 Å². The molecule has 39 heavy (non-hydrogen) atoms. The maximum atomic E-state index is 12.6. The molecule has 7 nitrogen and oxygen atoms in total. The Hall–Kier alpha value is -3.11. The number of rotatable bonds is 6. The molecule has 1 aromatic carbocycles. The summed E-state index contributed by atoms with van der Waals surface area (Å²) in [7, 11) is 1.29. The summed E-state index contributed by atoms with van der Waals surface area (Å²) in [5, 5.41) is 18.2. The van der Waals surface area contributed by atoms with Crippen molar-refractivity contribution in [2.24, 2.45) is 33.7 Å². The van der Waals surface area contributed by atoms with E-state index in [4.69, 9.17) is 16.0 Å². The Morgan fingerprint density at radius 3 is 2.59 bits per heavy atom. The van der Waals surface area contributed by atoms with Crippen LogP contribution in [0.4, 0.5) is 0 Å². The Balaban J connectivity index is 1.22. The summed E-state index contributed by atoms with van der Waals surface area (Å²) >= 11 is 0. The van der Waals surface area contributed by atoms with Gasteiger partial charge in [-0.2, -0.15) is 0 Å². The van der Waals surface area contributed by atoms with Gasteiger partial charge in [0, 0.05) is 5.41 Å². The summed E-state index contributed by atoms with van der Waals surface area (Å²) in [5.74, 6) is 3.41. The van der Waals surface area contributed by atoms with E-state index in [0.29, 0.717) is 29.7 Å². The number of allylic oxidation sites excluding steroid dienone is 2. The Labute approximate surface area is 231 Å². The molecule has 0 radical (unpaired) electrons. The number of carbonyl (C=O) groups is 2. The van der Waals surface area contributed by atoms with Gasteiger partial charge in [-0.25, -0.2) is 4.79 Å². The number of terminal acetylenes is 1.